The van der Waals surface area contributed by atoms with Crippen molar-refractivity contribution in [3.8, 4) is 5.75 Å². The molecule has 1 unspecified atom stereocenters. The first-order valence-corrected chi connectivity index (χ1v) is 9.46. The topological polar surface area (TPSA) is 75.7 Å². The van der Waals surface area contributed by atoms with Gasteiger partial charge in [-0.3, -0.25) is 4.79 Å². The number of ether oxygens (including phenoxy) is 1. The molecule has 1 amide bonds. The summed E-state index contributed by atoms with van der Waals surface area (Å²) in [5.74, 6) is -2.48. The summed E-state index contributed by atoms with van der Waals surface area (Å²) in [5.41, 5.74) is 0.695. The van der Waals surface area contributed by atoms with Gasteiger partial charge in [-0.05, 0) is 36.8 Å². The third kappa shape index (κ3) is 5.24. The quantitative estimate of drug-likeness (QED) is 0.777. The van der Waals surface area contributed by atoms with E-state index in [1.807, 2.05) is 0 Å². The Morgan fingerprint density at radius 1 is 1.11 bits per heavy atom. The van der Waals surface area contributed by atoms with Crippen LogP contribution in [0.15, 0.2) is 47.4 Å². The number of hydrogen-bond donors (Lipinski definition) is 1. The van der Waals surface area contributed by atoms with Crippen molar-refractivity contribution in [3.05, 3.63) is 59.7 Å². The Morgan fingerprint density at radius 3 is 2.30 bits per heavy atom. The molecule has 1 atom stereocenters. The Balaban J connectivity index is 1.93. The van der Waals surface area contributed by atoms with E-state index in [4.69, 9.17) is 4.74 Å². The number of hydrogen-bond acceptors (Lipinski definition) is 4. The first-order valence-electron chi connectivity index (χ1n) is 8.02. The van der Waals surface area contributed by atoms with E-state index in [0.717, 1.165) is 16.4 Å². The largest absolute Gasteiger partial charge is 0.481 e. The number of carbonyl (C=O) groups is 1. The SMILES string of the molecule is CC(Oc1ccc(F)c(F)c1)C(=O)NCc1ccc(S(=O)(=O)N(C)C)cc1. The van der Waals surface area contributed by atoms with Gasteiger partial charge >= 0.3 is 0 Å². The summed E-state index contributed by atoms with van der Waals surface area (Å²) in [7, 11) is -0.626. The van der Waals surface area contributed by atoms with Crippen molar-refractivity contribution >= 4 is 15.9 Å². The number of halogens is 2. The van der Waals surface area contributed by atoms with Crippen molar-refractivity contribution < 1.29 is 26.7 Å². The minimum atomic E-state index is -3.51. The Bertz CT molecular complexity index is 915. The summed E-state index contributed by atoms with van der Waals surface area (Å²) in [4.78, 5) is 12.2. The zero-order chi connectivity index (χ0) is 20.2. The Kier molecular flexibility index (Phi) is 6.50. The molecule has 0 bridgehead atoms. The maximum atomic E-state index is 13.2. The molecule has 0 saturated carbocycles. The van der Waals surface area contributed by atoms with Crippen molar-refractivity contribution in [2.24, 2.45) is 0 Å². The summed E-state index contributed by atoms with van der Waals surface area (Å²) in [5, 5.41) is 2.63. The minimum absolute atomic E-state index is 0.0368. The summed E-state index contributed by atoms with van der Waals surface area (Å²) in [6.07, 6.45) is -0.928. The molecule has 0 radical (unpaired) electrons. The van der Waals surface area contributed by atoms with Gasteiger partial charge in [0.15, 0.2) is 17.7 Å². The summed E-state index contributed by atoms with van der Waals surface area (Å²) >= 11 is 0. The van der Waals surface area contributed by atoms with Crippen molar-refractivity contribution in [3.63, 3.8) is 0 Å². The van der Waals surface area contributed by atoms with Gasteiger partial charge in [-0.25, -0.2) is 21.5 Å². The van der Waals surface area contributed by atoms with E-state index >= 15 is 0 Å². The van der Waals surface area contributed by atoms with Crippen LogP contribution in [-0.4, -0.2) is 38.8 Å². The summed E-state index contributed by atoms with van der Waals surface area (Å²) < 4.78 is 56.5. The van der Waals surface area contributed by atoms with Gasteiger partial charge in [0.1, 0.15) is 5.75 Å². The Morgan fingerprint density at radius 2 is 1.74 bits per heavy atom. The fourth-order valence-electron chi connectivity index (χ4n) is 2.13. The highest BCUT2D eigenvalue weighted by atomic mass is 32.2. The first kappa shape index (κ1) is 20.8. The van der Waals surface area contributed by atoms with E-state index in [1.165, 1.54) is 39.2 Å². The van der Waals surface area contributed by atoms with Gasteiger partial charge < -0.3 is 10.1 Å². The predicted molar refractivity (Wildman–Crippen MR) is 95.6 cm³/mol. The molecule has 0 saturated heterocycles. The number of carbonyl (C=O) groups excluding carboxylic acids is 1. The van der Waals surface area contributed by atoms with Crippen molar-refractivity contribution in [1.29, 1.82) is 0 Å². The van der Waals surface area contributed by atoms with Crippen LogP contribution in [0.4, 0.5) is 8.78 Å². The van der Waals surface area contributed by atoms with Crippen LogP contribution in [0.3, 0.4) is 0 Å². The average Bonchev–Trinajstić information content (AvgIpc) is 2.62. The molecular weight excluding hydrogens is 378 g/mol. The second-order valence-corrected chi connectivity index (χ2v) is 8.14. The maximum Gasteiger partial charge on any atom is 0.261 e. The highest BCUT2D eigenvalue weighted by Gasteiger charge is 2.18. The highest BCUT2D eigenvalue weighted by molar-refractivity contribution is 7.89. The summed E-state index contributed by atoms with van der Waals surface area (Å²) in [6.45, 7) is 1.63. The lowest BCUT2D eigenvalue weighted by atomic mass is 10.2. The van der Waals surface area contributed by atoms with Gasteiger partial charge in [-0.1, -0.05) is 12.1 Å². The van der Waals surface area contributed by atoms with Crippen molar-refractivity contribution in [1.82, 2.24) is 9.62 Å². The Labute approximate surface area is 156 Å². The smallest absolute Gasteiger partial charge is 0.261 e. The zero-order valence-electron chi connectivity index (χ0n) is 15.1. The number of benzene rings is 2. The van der Waals surface area contributed by atoms with E-state index in [9.17, 15) is 22.0 Å². The van der Waals surface area contributed by atoms with Crippen LogP contribution in [0.1, 0.15) is 12.5 Å². The third-order valence-corrected chi connectivity index (χ3v) is 5.57. The molecule has 2 rings (SSSR count). The lowest BCUT2D eigenvalue weighted by Crippen LogP contribution is -2.35. The normalized spacial score (nSPS) is 12.7. The van der Waals surface area contributed by atoms with Crippen LogP contribution in [0.2, 0.25) is 0 Å². The van der Waals surface area contributed by atoms with Crippen molar-refractivity contribution in [2.75, 3.05) is 14.1 Å². The number of nitrogens with zero attached hydrogens (tertiary/aromatic N) is 1. The monoisotopic (exact) mass is 398 g/mol. The van der Waals surface area contributed by atoms with Gasteiger partial charge in [-0.15, -0.1) is 0 Å². The number of amides is 1. The van der Waals surface area contributed by atoms with Crippen LogP contribution in [0, 0.1) is 11.6 Å². The molecule has 27 heavy (non-hydrogen) atoms. The molecule has 9 heteroatoms. The minimum Gasteiger partial charge on any atom is -0.481 e. The van der Waals surface area contributed by atoms with Gasteiger partial charge in [0.05, 0.1) is 4.90 Å². The van der Waals surface area contributed by atoms with E-state index in [2.05, 4.69) is 5.32 Å². The van der Waals surface area contributed by atoms with Gasteiger partial charge in [-0.2, -0.15) is 0 Å². The van der Waals surface area contributed by atoms with Crippen LogP contribution in [-0.2, 0) is 21.4 Å². The molecule has 0 aliphatic rings. The van der Waals surface area contributed by atoms with Crippen molar-refractivity contribution in [2.45, 2.75) is 24.5 Å². The number of rotatable bonds is 7. The molecule has 0 spiro atoms. The van der Waals surface area contributed by atoms with E-state index in [0.29, 0.717) is 5.56 Å². The maximum absolute atomic E-state index is 13.2. The molecule has 6 nitrogen and oxygen atoms in total. The predicted octanol–water partition coefficient (Wildman–Crippen LogP) is 2.30. The lowest BCUT2D eigenvalue weighted by Gasteiger charge is -2.15. The standard InChI is InChI=1S/C18H20F2N2O4S/c1-12(26-14-6-9-16(19)17(20)10-14)18(23)21-11-13-4-7-15(8-5-13)27(24,25)22(2)3/h4-10,12H,11H2,1-3H3,(H,21,23). The first-order chi connectivity index (χ1) is 12.6. The molecular formula is C18H20F2N2O4S. The van der Waals surface area contributed by atoms with Crippen LogP contribution in [0.5, 0.6) is 5.75 Å². The van der Waals surface area contributed by atoms with Crippen LogP contribution < -0.4 is 10.1 Å². The fourth-order valence-corrected chi connectivity index (χ4v) is 3.03. The number of nitrogens with one attached hydrogen (secondary N) is 1. The second kappa shape index (κ2) is 8.45. The van der Waals surface area contributed by atoms with E-state index in [1.54, 1.807) is 12.1 Å². The van der Waals surface area contributed by atoms with Crippen LogP contribution >= 0.6 is 0 Å². The molecule has 146 valence electrons. The van der Waals surface area contributed by atoms with E-state index in [-0.39, 0.29) is 17.2 Å². The Hall–Kier alpha value is -2.52. The molecule has 0 heterocycles. The van der Waals surface area contributed by atoms with Gasteiger partial charge in [0.2, 0.25) is 10.0 Å². The van der Waals surface area contributed by atoms with Gasteiger partial charge in [0, 0.05) is 26.7 Å². The van der Waals surface area contributed by atoms with Gasteiger partial charge in [0.25, 0.3) is 5.91 Å². The lowest BCUT2D eigenvalue weighted by molar-refractivity contribution is -0.127. The third-order valence-electron chi connectivity index (χ3n) is 3.74. The second-order valence-electron chi connectivity index (χ2n) is 5.99. The highest BCUT2D eigenvalue weighted by Crippen LogP contribution is 2.17. The molecule has 1 N–H and O–H groups in total. The fraction of sp³-hybridized carbons (Fsp3) is 0.278. The molecule has 0 aliphatic carbocycles. The average molecular weight is 398 g/mol. The molecule has 2 aromatic rings. The van der Waals surface area contributed by atoms with Crippen LogP contribution in [0.25, 0.3) is 0 Å². The van der Waals surface area contributed by atoms with E-state index < -0.39 is 33.7 Å². The summed E-state index contributed by atoms with van der Waals surface area (Å²) in [6, 6.07) is 9.11. The zero-order valence-corrected chi connectivity index (χ0v) is 15.9. The molecule has 0 aromatic heterocycles. The molecule has 0 aliphatic heterocycles. The number of sulfonamides is 1. The molecule has 2 aromatic carbocycles. The molecule has 0 fully saturated rings.